The fraction of sp³-hybridized carbons (Fsp3) is 0.200. The van der Waals surface area contributed by atoms with Crippen LogP contribution >= 0.6 is 22.6 Å². The molecule has 33 heavy (non-hydrogen) atoms. The highest BCUT2D eigenvalue weighted by Gasteiger charge is 2.28. The summed E-state index contributed by atoms with van der Waals surface area (Å²) in [4.78, 5) is 12.9. The standard InChI is InChI=1S/C25H26IN3O3S/c1-17-5-12-23(13-6-17)33(31,32)29(24-14-7-18(2)15-19(24)3)16-25(30)28-27-20(4)21-8-10-22(26)11-9-21/h5-15H,16H2,1-4H3,(H,28,30). The van der Waals surface area contributed by atoms with E-state index in [4.69, 9.17) is 0 Å². The number of sulfonamides is 1. The Kier molecular flexibility index (Phi) is 7.91. The molecule has 1 amide bonds. The van der Waals surface area contributed by atoms with Gasteiger partial charge in [-0.1, -0.05) is 47.5 Å². The summed E-state index contributed by atoms with van der Waals surface area (Å²) in [6.07, 6.45) is 0. The molecule has 0 saturated carbocycles. The first kappa shape index (κ1) is 24.9. The average Bonchev–Trinajstić information content (AvgIpc) is 2.77. The number of hydrogen-bond donors (Lipinski definition) is 1. The van der Waals surface area contributed by atoms with Crippen LogP contribution in [0.1, 0.15) is 29.2 Å². The minimum Gasteiger partial charge on any atom is -0.271 e. The monoisotopic (exact) mass is 575 g/mol. The highest BCUT2D eigenvalue weighted by molar-refractivity contribution is 14.1. The lowest BCUT2D eigenvalue weighted by atomic mass is 10.1. The number of hydrazone groups is 1. The topological polar surface area (TPSA) is 78.8 Å². The first-order valence-corrected chi connectivity index (χ1v) is 12.9. The number of nitrogens with zero attached hydrogens (tertiary/aromatic N) is 2. The number of anilines is 1. The summed E-state index contributed by atoms with van der Waals surface area (Å²) in [7, 11) is -3.97. The van der Waals surface area contributed by atoms with Crippen LogP contribution in [0.3, 0.4) is 0 Å². The molecule has 0 atom stereocenters. The zero-order valence-electron chi connectivity index (χ0n) is 19.0. The van der Waals surface area contributed by atoms with Gasteiger partial charge in [0, 0.05) is 3.57 Å². The Hall–Kier alpha value is -2.72. The van der Waals surface area contributed by atoms with E-state index in [9.17, 15) is 13.2 Å². The molecule has 0 radical (unpaired) electrons. The van der Waals surface area contributed by atoms with Crippen molar-refractivity contribution in [3.05, 3.63) is 92.6 Å². The zero-order valence-corrected chi connectivity index (χ0v) is 21.9. The number of aryl methyl sites for hydroxylation is 3. The largest absolute Gasteiger partial charge is 0.271 e. The van der Waals surface area contributed by atoms with Gasteiger partial charge in [-0.3, -0.25) is 9.10 Å². The Morgan fingerprint density at radius 1 is 0.939 bits per heavy atom. The third kappa shape index (κ3) is 6.20. The first-order chi connectivity index (χ1) is 15.6. The van der Waals surface area contributed by atoms with Gasteiger partial charge in [-0.2, -0.15) is 5.10 Å². The predicted octanol–water partition coefficient (Wildman–Crippen LogP) is 4.95. The van der Waals surface area contributed by atoms with Gasteiger partial charge in [0.05, 0.1) is 16.3 Å². The quantitative estimate of drug-likeness (QED) is 0.246. The molecule has 3 rings (SSSR count). The van der Waals surface area contributed by atoms with Crippen LogP contribution in [-0.4, -0.2) is 26.6 Å². The summed E-state index contributed by atoms with van der Waals surface area (Å²) in [6, 6.07) is 19.8. The Morgan fingerprint density at radius 2 is 1.55 bits per heavy atom. The van der Waals surface area contributed by atoms with Crippen molar-refractivity contribution in [2.75, 3.05) is 10.8 Å². The summed E-state index contributed by atoms with van der Waals surface area (Å²) >= 11 is 2.22. The molecule has 0 bridgehead atoms. The van der Waals surface area contributed by atoms with Crippen molar-refractivity contribution < 1.29 is 13.2 Å². The number of nitrogens with one attached hydrogen (secondary N) is 1. The summed E-state index contributed by atoms with van der Waals surface area (Å²) in [5.74, 6) is -0.532. The molecular weight excluding hydrogens is 549 g/mol. The smallest absolute Gasteiger partial charge is 0.264 e. The van der Waals surface area contributed by atoms with Gasteiger partial charge in [-0.15, -0.1) is 0 Å². The summed E-state index contributed by atoms with van der Waals surface area (Å²) in [6.45, 7) is 7.04. The van der Waals surface area contributed by atoms with Crippen LogP contribution in [0.5, 0.6) is 0 Å². The number of carbonyl (C=O) groups is 1. The average molecular weight is 575 g/mol. The van der Waals surface area contributed by atoms with Crippen molar-refractivity contribution >= 4 is 49.9 Å². The van der Waals surface area contributed by atoms with Crippen molar-refractivity contribution in [1.82, 2.24) is 5.43 Å². The molecule has 3 aromatic carbocycles. The molecular formula is C25H26IN3O3S. The molecule has 1 N–H and O–H groups in total. The molecule has 0 fully saturated rings. The van der Waals surface area contributed by atoms with Gasteiger partial charge in [0.2, 0.25) is 0 Å². The van der Waals surface area contributed by atoms with Crippen molar-refractivity contribution in [1.29, 1.82) is 0 Å². The van der Waals surface area contributed by atoms with Crippen LogP contribution in [-0.2, 0) is 14.8 Å². The lowest BCUT2D eigenvalue weighted by Gasteiger charge is -2.25. The van der Waals surface area contributed by atoms with Gasteiger partial charge in [-0.05, 0) is 91.7 Å². The van der Waals surface area contributed by atoms with Crippen molar-refractivity contribution in [2.24, 2.45) is 5.10 Å². The summed E-state index contributed by atoms with van der Waals surface area (Å²) in [5, 5.41) is 4.17. The molecule has 0 spiro atoms. The van der Waals surface area contributed by atoms with E-state index in [2.05, 4.69) is 33.1 Å². The normalized spacial score (nSPS) is 11.8. The van der Waals surface area contributed by atoms with Crippen LogP contribution in [0, 0.1) is 24.3 Å². The maximum atomic E-state index is 13.5. The van der Waals surface area contributed by atoms with Crippen LogP contribution in [0.25, 0.3) is 0 Å². The van der Waals surface area contributed by atoms with E-state index in [1.54, 1.807) is 37.3 Å². The predicted molar refractivity (Wildman–Crippen MR) is 141 cm³/mol. The molecule has 0 aliphatic carbocycles. The third-order valence-corrected chi connectivity index (χ3v) is 7.62. The molecule has 8 heteroatoms. The lowest BCUT2D eigenvalue weighted by molar-refractivity contribution is -0.119. The van der Waals surface area contributed by atoms with Crippen LogP contribution < -0.4 is 9.73 Å². The van der Waals surface area contributed by atoms with Gasteiger partial charge in [0.25, 0.3) is 15.9 Å². The number of carbonyl (C=O) groups excluding carboxylic acids is 1. The maximum absolute atomic E-state index is 13.5. The second-order valence-corrected chi connectivity index (χ2v) is 11.0. The van der Waals surface area contributed by atoms with Gasteiger partial charge in [-0.25, -0.2) is 13.8 Å². The highest BCUT2D eigenvalue weighted by Crippen LogP contribution is 2.27. The van der Waals surface area contributed by atoms with E-state index in [-0.39, 0.29) is 4.90 Å². The van der Waals surface area contributed by atoms with Gasteiger partial charge in [0.15, 0.2) is 0 Å². The van der Waals surface area contributed by atoms with E-state index < -0.39 is 22.5 Å². The number of rotatable bonds is 7. The van der Waals surface area contributed by atoms with E-state index in [0.717, 1.165) is 30.1 Å². The fourth-order valence-electron chi connectivity index (χ4n) is 3.29. The Balaban J connectivity index is 1.91. The molecule has 0 unspecified atom stereocenters. The zero-order chi connectivity index (χ0) is 24.2. The molecule has 0 saturated heterocycles. The molecule has 0 heterocycles. The Labute approximate surface area is 208 Å². The van der Waals surface area contributed by atoms with Crippen LogP contribution in [0.2, 0.25) is 0 Å². The van der Waals surface area contributed by atoms with Gasteiger partial charge in [0.1, 0.15) is 6.54 Å². The van der Waals surface area contributed by atoms with E-state index in [1.165, 1.54) is 0 Å². The first-order valence-electron chi connectivity index (χ1n) is 10.3. The van der Waals surface area contributed by atoms with E-state index >= 15 is 0 Å². The van der Waals surface area contributed by atoms with Gasteiger partial charge < -0.3 is 0 Å². The fourth-order valence-corrected chi connectivity index (χ4v) is 5.14. The number of benzene rings is 3. The second kappa shape index (κ2) is 10.5. The lowest BCUT2D eigenvalue weighted by Crippen LogP contribution is -2.40. The summed E-state index contributed by atoms with van der Waals surface area (Å²) in [5.41, 5.74) is 7.16. The Morgan fingerprint density at radius 3 is 2.15 bits per heavy atom. The number of halogens is 1. The molecule has 6 nitrogen and oxygen atoms in total. The summed E-state index contributed by atoms with van der Waals surface area (Å²) < 4.78 is 29.3. The highest BCUT2D eigenvalue weighted by atomic mass is 127. The number of hydrogen-bond acceptors (Lipinski definition) is 4. The van der Waals surface area contributed by atoms with E-state index in [0.29, 0.717) is 11.4 Å². The molecule has 3 aromatic rings. The molecule has 0 aromatic heterocycles. The number of amides is 1. The maximum Gasteiger partial charge on any atom is 0.264 e. The van der Waals surface area contributed by atoms with Crippen LogP contribution in [0.15, 0.2) is 76.7 Å². The van der Waals surface area contributed by atoms with Crippen molar-refractivity contribution in [2.45, 2.75) is 32.6 Å². The van der Waals surface area contributed by atoms with Crippen LogP contribution in [0.4, 0.5) is 5.69 Å². The molecule has 172 valence electrons. The van der Waals surface area contributed by atoms with E-state index in [1.807, 2.05) is 57.2 Å². The van der Waals surface area contributed by atoms with Crippen molar-refractivity contribution in [3.63, 3.8) is 0 Å². The minimum atomic E-state index is -3.97. The second-order valence-electron chi connectivity index (χ2n) is 7.85. The Bertz CT molecular complexity index is 1290. The third-order valence-electron chi connectivity index (χ3n) is 5.13. The minimum absolute atomic E-state index is 0.124. The molecule has 0 aliphatic rings. The molecule has 0 aliphatic heterocycles. The SMILES string of the molecule is CC(=NNC(=O)CN(c1ccc(C)cc1C)S(=O)(=O)c1ccc(C)cc1)c1ccc(I)cc1. The van der Waals surface area contributed by atoms with Gasteiger partial charge >= 0.3 is 0 Å². The van der Waals surface area contributed by atoms with Crippen molar-refractivity contribution in [3.8, 4) is 0 Å².